The summed E-state index contributed by atoms with van der Waals surface area (Å²) in [4.78, 5) is 25.4. The lowest BCUT2D eigenvalue weighted by Crippen LogP contribution is -2.37. The van der Waals surface area contributed by atoms with E-state index in [9.17, 15) is 18.0 Å². The van der Waals surface area contributed by atoms with Crippen molar-refractivity contribution in [2.45, 2.75) is 0 Å². The summed E-state index contributed by atoms with van der Waals surface area (Å²) in [6.45, 7) is -0.333. The zero-order chi connectivity index (χ0) is 18.7. The van der Waals surface area contributed by atoms with Crippen LogP contribution in [0.2, 0.25) is 0 Å². The normalized spacial score (nSPS) is 17.4. The highest BCUT2D eigenvalue weighted by Crippen LogP contribution is 2.22. The molecule has 0 bridgehead atoms. The van der Waals surface area contributed by atoms with E-state index in [0.29, 0.717) is 10.6 Å². The summed E-state index contributed by atoms with van der Waals surface area (Å²) in [5, 5.41) is 13.4. The molecule has 0 atom stereocenters. The van der Waals surface area contributed by atoms with Gasteiger partial charge in [-0.1, -0.05) is 0 Å². The van der Waals surface area contributed by atoms with Gasteiger partial charge in [-0.25, -0.2) is 13.2 Å². The Morgan fingerprint density at radius 3 is 3.00 bits per heavy atom. The van der Waals surface area contributed by atoms with E-state index in [4.69, 9.17) is 10.00 Å². The maximum absolute atomic E-state index is 12.1. The van der Waals surface area contributed by atoms with Crippen molar-refractivity contribution in [3.8, 4) is 6.07 Å². The van der Waals surface area contributed by atoms with Gasteiger partial charge in [-0.2, -0.15) is 5.26 Å². The Hall–Kier alpha value is -2.97. The number of sulfonamides is 1. The summed E-state index contributed by atoms with van der Waals surface area (Å²) in [6.07, 6.45) is 4.21. The molecule has 1 N–H and O–H groups in total. The van der Waals surface area contributed by atoms with Gasteiger partial charge in [-0.05, 0) is 23.6 Å². The Labute approximate surface area is 152 Å². The summed E-state index contributed by atoms with van der Waals surface area (Å²) < 4.78 is 31.5. The number of nitrogens with zero attached hydrogens (tertiary/aromatic N) is 3. The lowest BCUT2D eigenvalue weighted by molar-refractivity contribution is -0.143. The number of amides is 1. The number of carbonyl (C=O) groups excluding carboxylic acids is 2. The summed E-state index contributed by atoms with van der Waals surface area (Å²) in [5.74, 6) is -1.21. The summed E-state index contributed by atoms with van der Waals surface area (Å²) >= 11 is 1.19. The molecule has 0 spiro atoms. The van der Waals surface area contributed by atoms with Crippen molar-refractivity contribution < 1.29 is 22.7 Å². The molecule has 1 amide bonds. The number of esters is 1. The van der Waals surface area contributed by atoms with Crippen LogP contribution in [0.1, 0.15) is 5.56 Å². The molecule has 2 aliphatic rings. The quantitative estimate of drug-likeness (QED) is 0.743. The van der Waals surface area contributed by atoms with E-state index in [1.165, 1.54) is 34.6 Å². The minimum absolute atomic E-state index is 0.145. The largest absolute Gasteiger partial charge is 0.452 e. The van der Waals surface area contributed by atoms with E-state index >= 15 is 0 Å². The molecule has 2 aliphatic heterocycles. The van der Waals surface area contributed by atoms with E-state index in [2.05, 4.69) is 9.71 Å². The maximum atomic E-state index is 12.1. The van der Waals surface area contributed by atoms with Gasteiger partial charge in [-0.3, -0.25) is 4.79 Å². The van der Waals surface area contributed by atoms with Gasteiger partial charge in [-0.15, -0.1) is 15.7 Å². The van der Waals surface area contributed by atoms with Gasteiger partial charge in [0.25, 0.3) is 15.9 Å². The second kappa shape index (κ2) is 7.11. The standard InChI is InChI=1S/C15H12N4O5S2/c16-7-10-3-5-25-14(10)17-13(20)9-24-15(21)11-1-2-12-18-26(22,23)6-4-19(12)8-11/h1-3,5,8H,4,6,9H2,(H,17,20). The number of amidine groups is 1. The van der Waals surface area contributed by atoms with E-state index in [0.717, 1.165) is 0 Å². The van der Waals surface area contributed by atoms with Gasteiger partial charge >= 0.3 is 5.97 Å². The number of carbonyl (C=O) groups is 2. The van der Waals surface area contributed by atoms with Crippen molar-refractivity contribution in [2.75, 3.05) is 24.2 Å². The van der Waals surface area contributed by atoms with Crippen molar-refractivity contribution in [2.24, 2.45) is 4.40 Å². The highest BCUT2D eigenvalue weighted by molar-refractivity contribution is 7.90. The van der Waals surface area contributed by atoms with Crippen LogP contribution >= 0.6 is 11.3 Å². The Kier molecular flexibility index (Phi) is 4.88. The van der Waals surface area contributed by atoms with Crippen LogP contribution in [0.5, 0.6) is 0 Å². The molecule has 0 unspecified atom stereocenters. The van der Waals surface area contributed by atoms with E-state index in [-0.39, 0.29) is 23.7 Å². The van der Waals surface area contributed by atoms with Crippen molar-refractivity contribution in [1.82, 2.24) is 4.90 Å². The van der Waals surface area contributed by atoms with Crippen LogP contribution in [0.25, 0.3) is 0 Å². The monoisotopic (exact) mass is 392 g/mol. The van der Waals surface area contributed by atoms with Crippen LogP contribution in [0.15, 0.2) is 39.8 Å². The van der Waals surface area contributed by atoms with Gasteiger partial charge in [0.05, 0.1) is 16.9 Å². The first-order valence-corrected chi connectivity index (χ1v) is 9.80. The molecule has 0 radical (unpaired) electrons. The molecule has 0 aliphatic carbocycles. The highest BCUT2D eigenvalue weighted by atomic mass is 32.2. The number of nitrogens with one attached hydrogen (secondary N) is 1. The van der Waals surface area contributed by atoms with Gasteiger partial charge in [0, 0.05) is 12.7 Å². The fraction of sp³-hybridized carbons (Fsp3) is 0.200. The summed E-state index contributed by atoms with van der Waals surface area (Å²) in [7, 11) is -3.47. The third-order valence-corrected chi connectivity index (χ3v) is 5.43. The highest BCUT2D eigenvalue weighted by Gasteiger charge is 2.25. The number of anilines is 1. The summed E-state index contributed by atoms with van der Waals surface area (Å²) in [5.41, 5.74) is 0.504. The first-order valence-electron chi connectivity index (χ1n) is 7.32. The number of fused-ring (bicyclic) bond motifs is 1. The second-order valence-corrected chi connectivity index (χ2v) is 7.92. The Morgan fingerprint density at radius 1 is 1.42 bits per heavy atom. The Balaban J connectivity index is 1.58. The third-order valence-electron chi connectivity index (χ3n) is 3.43. The molecular weight excluding hydrogens is 380 g/mol. The smallest absolute Gasteiger partial charge is 0.340 e. The minimum Gasteiger partial charge on any atom is -0.452 e. The molecule has 0 fully saturated rings. The molecule has 26 heavy (non-hydrogen) atoms. The molecular formula is C15H12N4O5S2. The van der Waals surface area contributed by atoms with Crippen LogP contribution in [0, 0.1) is 11.3 Å². The number of nitriles is 1. The predicted octanol–water partition coefficient (Wildman–Crippen LogP) is 0.599. The lowest BCUT2D eigenvalue weighted by Gasteiger charge is -2.26. The molecule has 11 heteroatoms. The minimum atomic E-state index is -3.47. The average molecular weight is 392 g/mol. The molecule has 3 heterocycles. The molecule has 134 valence electrons. The van der Waals surface area contributed by atoms with Gasteiger partial charge < -0.3 is 15.0 Å². The zero-order valence-corrected chi connectivity index (χ0v) is 14.8. The fourth-order valence-corrected chi connectivity index (χ4v) is 3.92. The van der Waals surface area contributed by atoms with E-state index in [1.54, 1.807) is 11.4 Å². The molecule has 1 aromatic heterocycles. The number of rotatable bonds is 4. The van der Waals surface area contributed by atoms with Crippen molar-refractivity contribution in [1.29, 1.82) is 5.26 Å². The van der Waals surface area contributed by atoms with Gasteiger partial charge in [0.1, 0.15) is 16.9 Å². The topological polar surface area (TPSA) is 129 Å². The van der Waals surface area contributed by atoms with Crippen molar-refractivity contribution in [3.63, 3.8) is 0 Å². The van der Waals surface area contributed by atoms with E-state index < -0.39 is 28.5 Å². The number of ether oxygens (including phenoxy) is 1. The average Bonchev–Trinajstić information content (AvgIpc) is 3.05. The van der Waals surface area contributed by atoms with Crippen LogP contribution in [-0.2, 0) is 24.3 Å². The number of hydrogen-bond acceptors (Lipinski definition) is 8. The van der Waals surface area contributed by atoms with Gasteiger partial charge in [0.15, 0.2) is 6.61 Å². The molecule has 0 saturated heterocycles. The predicted molar refractivity (Wildman–Crippen MR) is 93.8 cm³/mol. The first kappa shape index (κ1) is 17.8. The summed E-state index contributed by atoms with van der Waals surface area (Å²) in [6, 6.07) is 3.51. The molecule has 3 rings (SSSR count). The lowest BCUT2D eigenvalue weighted by atomic mass is 10.2. The van der Waals surface area contributed by atoms with Crippen LogP contribution in [-0.4, -0.2) is 49.9 Å². The SMILES string of the molecule is N#Cc1ccsc1NC(=O)COC(=O)C1=CN2CCS(=O)(=O)N=C2C=C1. The van der Waals surface area contributed by atoms with Crippen LogP contribution < -0.4 is 5.32 Å². The van der Waals surface area contributed by atoms with Crippen LogP contribution in [0.4, 0.5) is 5.00 Å². The van der Waals surface area contributed by atoms with Crippen molar-refractivity contribution in [3.05, 3.63) is 40.9 Å². The molecule has 0 saturated carbocycles. The van der Waals surface area contributed by atoms with Crippen molar-refractivity contribution >= 4 is 44.1 Å². The number of thiophene rings is 1. The van der Waals surface area contributed by atoms with Crippen LogP contribution in [0.3, 0.4) is 0 Å². The Morgan fingerprint density at radius 2 is 2.23 bits per heavy atom. The Bertz CT molecular complexity index is 997. The fourth-order valence-electron chi connectivity index (χ4n) is 2.19. The second-order valence-electron chi connectivity index (χ2n) is 5.25. The number of hydrogen-bond donors (Lipinski definition) is 1. The third kappa shape index (κ3) is 3.98. The van der Waals surface area contributed by atoms with E-state index in [1.807, 2.05) is 6.07 Å². The molecule has 0 aromatic carbocycles. The molecule has 9 nitrogen and oxygen atoms in total. The zero-order valence-electron chi connectivity index (χ0n) is 13.2. The van der Waals surface area contributed by atoms with Gasteiger partial charge in [0.2, 0.25) is 0 Å². The molecule has 1 aromatic rings. The first-order chi connectivity index (χ1) is 12.4. The maximum Gasteiger partial charge on any atom is 0.340 e.